The number of ether oxygens (including phenoxy) is 1. The number of β-amino-alcohol motifs (C(OH)–C–C–N with tert-alkyl or cyclic N) is 1. The molecule has 1 heterocycles. The Balaban J connectivity index is 1.08. The number of likely N-dealkylation sites (tertiary alicyclic amines) is 1. The maximum absolute atomic E-state index is 10.0. The average Bonchev–Trinajstić information content (AvgIpc) is 2.67. The van der Waals surface area contributed by atoms with Crippen molar-refractivity contribution < 1.29 is 25.2 Å². The van der Waals surface area contributed by atoms with Crippen molar-refractivity contribution in [1.29, 1.82) is 0 Å². The molecule has 4 bridgehead atoms. The molecule has 1 saturated heterocycles. The summed E-state index contributed by atoms with van der Waals surface area (Å²) in [6, 6.07) is -0.495. The molecule has 0 aromatic carbocycles. The van der Waals surface area contributed by atoms with Gasteiger partial charge >= 0.3 is 0 Å². The molecule has 0 unspecified atom stereocenters. The molecule has 0 radical (unpaired) electrons. The summed E-state index contributed by atoms with van der Waals surface area (Å²) in [5.41, 5.74) is 0.606. The quantitative estimate of drug-likeness (QED) is 0.408. The summed E-state index contributed by atoms with van der Waals surface area (Å²) in [7, 11) is 0. The Hall–Kier alpha value is -0.240. The van der Waals surface area contributed by atoms with E-state index in [1.165, 1.54) is 44.9 Å². The second kappa shape index (κ2) is 9.49. The van der Waals surface area contributed by atoms with Gasteiger partial charge < -0.3 is 25.2 Å². The number of aliphatic hydroxyl groups is 4. The van der Waals surface area contributed by atoms with Gasteiger partial charge in [-0.3, -0.25) is 4.90 Å². The second-order valence-corrected chi connectivity index (χ2v) is 10.6. The van der Waals surface area contributed by atoms with E-state index in [0.717, 1.165) is 50.2 Å². The molecule has 0 amide bonds. The number of hydrogen-bond acceptors (Lipinski definition) is 6. The van der Waals surface area contributed by atoms with Gasteiger partial charge in [0.25, 0.3) is 0 Å². The zero-order chi connectivity index (χ0) is 20.4. The fourth-order valence-electron chi connectivity index (χ4n) is 7.32. The van der Waals surface area contributed by atoms with E-state index in [1.54, 1.807) is 0 Å². The summed E-state index contributed by atoms with van der Waals surface area (Å²) in [6.45, 7) is 2.50. The van der Waals surface area contributed by atoms with Gasteiger partial charge in [0.2, 0.25) is 0 Å². The molecule has 5 fully saturated rings. The van der Waals surface area contributed by atoms with Crippen molar-refractivity contribution in [3.05, 3.63) is 0 Å². The first kappa shape index (κ1) is 22.0. The van der Waals surface area contributed by atoms with E-state index < -0.39 is 24.4 Å². The summed E-state index contributed by atoms with van der Waals surface area (Å²) in [4.78, 5) is 1.90. The summed E-state index contributed by atoms with van der Waals surface area (Å²) in [5.74, 6) is 3.03. The van der Waals surface area contributed by atoms with E-state index in [0.29, 0.717) is 18.5 Å². The number of piperidine rings is 1. The lowest BCUT2D eigenvalue weighted by molar-refractivity contribution is -0.145. The number of aliphatic hydroxyl groups excluding tert-OH is 4. The van der Waals surface area contributed by atoms with Gasteiger partial charge in [-0.05, 0) is 93.9 Å². The van der Waals surface area contributed by atoms with Gasteiger partial charge in [-0.15, -0.1) is 0 Å². The van der Waals surface area contributed by atoms with Gasteiger partial charge in [0, 0.05) is 19.8 Å². The Morgan fingerprint density at radius 2 is 1.48 bits per heavy atom. The topological polar surface area (TPSA) is 93.4 Å². The summed E-state index contributed by atoms with van der Waals surface area (Å²) < 4.78 is 5.99. The Morgan fingerprint density at radius 1 is 0.828 bits per heavy atom. The van der Waals surface area contributed by atoms with Crippen molar-refractivity contribution in [2.45, 2.75) is 88.6 Å². The van der Waals surface area contributed by atoms with Crippen LogP contribution in [0.3, 0.4) is 0 Å². The molecule has 4 N–H and O–H groups in total. The van der Waals surface area contributed by atoms with Gasteiger partial charge in [0.15, 0.2) is 0 Å². The smallest absolute Gasteiger partial charge is 0.109 e. The maximum atomic E-state index is 10.0. The number of rotatable bonds is 10. The molecular formula is C23H41NO5. The molecule has 29 heavy (non-hydrogen) atoms. The van der Waals surface area contributed by atoms with Crippen LogP contribution in [0.4, 0.5) is 0 Å². The fourth-order valence-corrected chi connectivity index (χ4v) is 7.32. The van der Waals surface area contributed by atoms with Crippen molar-refractivity contribution in [3.63, 3.8) is 0 Å². The van der Waals surface area contributed by atoms with Crippen LogP contribution in [0.1, 0.15) is 64.2 Å². The minimum absolute atomic E-state index is 0.210. The van der Waals surface area contributed by atoms with Crippen molar-refractivity contribution >= 4 is 0 Å². The molecule has 0 spiro atoms. The number of hydrogen-bond donors (Lipinski definition) is 4. The predicted molar refractivity (Wildman–Crippen MR) is 110 cm³/mol. The van der Waals surface area contributed by atoms with Gasteiger partial charge in [0.1, 0.15) is 12.2 Å². The SMILES string of the molecule is OC[C@@H]1[C@@H](O)[C@H](O)[C@@H](O)CN1CCCCCOCCC12CC3CC(CC(C3)C1)C2. The largest absolute Gasteiger partial charge is 0.395 e. The van der Waals surface area contributed by atoms with Crippen LogP contribution in [-0.4, -0.2) is 82.6 Å². The highest BCUT2D eigenvalue weighted by atomic mass is 16.5. The molecule has 4 atom stereocenters. The summed E-state index contributed by atoms with van der Waals surface area (Å²) in [5, 5.41) is 39.2. The Bertz CT molecular complexity index is 494. The van der Waals surface area contributed by atoms with Crippen LogP contribution in [0.25, 0.3) is 0 Å². The van der Waals surface area contributed by atoms with Crippen LogP contribution in [-0.2, 0) is 4.74 Å². The van der Waals surface area contributed by atoms with Crippen LogP contribution in [0, 0.1) is 23.2 Å². The van der Waals surface area contributed by atoms with Crippen LogP contribution < -0.4 is 0 Å². The Labute approximate surface area is 175 Å². The Kier molecular flexibility index (Phi) is 7.19. The monoisotopic (exact) mass is 411 g/mol. The van der Waals surface area contributed by atoms with E-state index >= 15 is 0 Å². The minimum Gasteiger partial charge on any atom is -0.395 e. The zero-order valence-electron chi connectivity index (χ0n) is 17.8. The van der Waals surface area contributed by atoms with Crippen LogP contribution in [0.5, 0.6) is 0 Å². The highest BCUT2D eigenvalue weighted by Gasteiger charge is 2.50. The van der Waals surface area contributed by atoms with Crippen LogP contribution in [0.15, 0.2) is 0 Å². The molecule has 4 aliphatic carbocycles. The minimum atomic E-state index is -1.18. The summed E-state index contributed by atoms with van der Waals surface area (Å²) in [6.07, 6.45) is 9.87. The lowest BCUT2D eigenvalue weighted by atomic mass is 9.49. The molecule has 0 aromatic rings. The molecule has 1 aliphatic heterocycles. The van der Waals surface area contributed by atoms with E-state index in [-0.39, 0.29) is 6.61 Å². The van der Waals surface area contributed by atoms with E-state index in [1.807, 2.05) is 4.90 Å². The molecule has 6 heteroatoms. The molecule has 6 nitrogen and oxygen atoms in total. The van der Waals surface area contributed by atoms with Crippen molar-refractivity contribution in [2.75, 3.05) is 32.9 Å². The molecule has 5 rings (SSSR count). The predicted octanol–water partition coefficient (Wildman–Crippen LogP) is 1.54. The first-order valence-electron chi connectivity index (χ1n) is 12.0. The third-order valence-electron chi connectivity index (χ3n) is 8.39. The van der Waals surface area contributed by atoms with Crippen molar-refractivity contribution in [3.8, 4) is 0 Å². The molecular weight excluding hydrogens is 370 g/mol. The fraction of sp³-hybridized carbons (Fsp3) is 1.00. The maximum Gasteiger partial charge on any atom is 0.109 e. The molecule has 4 saturated carbocycles. The molecule has 5 aliphatic rings. The first-order chi connectivity index (χ1) is 14.0. The van der Waals surface area contributed by atoms with Gasteiger partial charge in [-0.1, -0.05) is 0 Å². The van der Waals surface area contributed by atoms with Gasteiger partial charge in [-0.25, -0.2) is 0 Å². The lowest BCUT2D eigenvalue weighted by Gasteiger charge is -2.57. The van der Waals surface area contributed by atoms with E-state index in [4.69, 9.17) is 4.74 Å². The first-order valence-corrected chi connectivity index (χ1v) is 12.0. The lowest BCUT2D eigenvalue weighted by Crippen LogP contribution is -2.62. The third-order valence-corrected chi connectivity index (χ3v) is 8.39. The highest BCUT2D eigenvalue weighted by molar-refractivity contribution is 5.01. The van der Waals surface area contributed by atoms with E-state index in [9.17, 15) is 20.4 Å². The average molecular weight is 412 g/mol. The molecule has 0 aromatic heterocycles. The zero-order valence-corrected chi connectivity index (χ0v) is 17.8. The van der Waals surface area contributed by atoms with E-state index in [2.05, 4.69) is 0 Å². The van der Waals surface area contributed by atoms with Crippen LogP contribution in [0.2, 0.25) is 0 Å². The Morgan fingerprint density at radius 3 is 2.10 bits per heavy atom. The van der Waals surface area contributed by atoms with Gasteiger partial charge in [-0.2, -0.15) is 0 Å². The van der Waals surface area contributed by atoms with Crippen molar-refractivity contribution in [1.82, 2.24) is 4.90 Å². The van der Waals surface area contributed by atoms with Crippen molar-refractivity contribution in [2.24, 2.45) is 23.2 Å². The standard InChI is InChI=1S/C23H41NO5/c25-15-19-21(27)22(28)20(26)14-24(19)5-2-1-3-6-29-7-4-23-11-16-8-17(12-23)10-18(9-16)13-23/h16-22,25-28H,1-15H2/t16?,17?,18?,19-,20+,21-,22-,23?/m1/s1. The van der Waals surface area contributed by atoms with Crippen LogP contribution >= 0.6 is 0 Å². The third kappa shape index (κ3) is 4.99. The normalized spacial score (nSPS) is 44.5. The van der Waals surface area contributed by atoms with Gasteiger partial charge in [0.05, 0.1) is 18.8 Å². The summed E-state index contributed by atoms with van der Waals surface area (Å²) >= 11 is 0. The number of nitrogens with zero attached hydrogens (tertiary/aromatic N) is 1. The highest BCUT2D eigenvalue weighted by Crippen LogP contribution is 2.61. The molecule has 168 valence electrons. The second-order valence-electron chi connectivity index (χ2n) is 10.6. The number of unbranched alkanes of at least 4 members (excludes halogenated alkanes) is 2.